The number of ether oxygens (including phenoxy) is 1. The summed E-state index contributed by atoms with van der Waals surface area (Å²) in [6.45, 7) is 8.58. The lowest BCUT2D eigenvalue weighted by molar-refractivity contribution is 0.0955. The van der Waals surface area contributed by atoms with Gasteiger partial charge in [-0.3, -0.25) is 9.79 Å². The van der Waals surface area contributed by atoms with Crippen LogP contribution in [0.4, 0.5) is 0 Å². The van der Waals surface area contributed by atoms with Gasteiger partial charge in [0.25, 0.3) is 5.91 Å². The lowest BCUT2D eigenvalue weighted by Crippen LogP contribution is -2.36. The van der Waals surface area contributed by atoms with Crippen molar-refractivity contribution in [1.82, 2.24) is 10.3 Å². The normalized spacial score (nSPS) is 14.8. The van der Waals surface area contributed by atoms with Gasteiger partial charge in [-0.25, -0.2) is 10.0 Å². The first-order valence-electron chi connectivity index (χ1n) is 10.8. The molecule has 0 saturated heterocycles. The fraction of sp³-hybridized carbons (Fsp3) is 0.192. The number of nitrogens with one attached hydrogen (secondary N) is 1. The van der Waals surface area contributed by atoms with Crippen LogP contribution in [0.15, 0.2) is 75.9 Å². The van der Waals surface area contributed by atoms with Gasteiger partial charge in [-0.2, -0.15) is 5.26 Å². The number of allylic oxidation sites excluding steroid dienone is 1. The molecule has 0 aromatic heterocycles. The molecule has 34 heavy (non-hydrogen) atoms. The largest absolute Gasteiger partial charge is 0.471 e. The van der Waals surface area contributed by atoms with Crippen molar-refractivity contribution in [3.8, 4) is 6.07 Å². The lowest BCUT2D eigenvalue weighted by atomic mass is 10.0. The third-order valence-corrected chi connectivity index (χ3v) is 5.39. The lowest BCUT2D eigenvalue weighted by Gasteiger charge is -2.30. The quantitative estimate of drug-likeness (QED) is 0.550. The molecule has 0 bridgehead atoms. The third kappa shape index (κ3) is 4.24. The van der Waals surface area contributed by atoms with Crippen LogP contribution in [-0.2, 0) is 11.3 Å². The van der Waals surface area contributed by atoms with Gasteiger partial charge in [0.2, 0.25) is 5.90 Å². The maximum atomic E-state index is 12.1. The minimum atomic E-state index is -0.221. The highest BCUT2D eigenvalue weighted by atomic mass is 16.5. The molecular formula is C26H24N6O2. The first-order valence-corrected chi connectivity index (χ1v) is 10.8. The van der Waals surface area contributed by atoms with Crippen LogP contribution in [0.25, 0.3) is 5.70 Å². The smallest absolute Gasteiger partial charge is 0.251 e. The standard InChI is InChI=1S/C26H24N6O2/c1-5-29-25(33)18-10-11-19(20(13-18)14-27)15-34-26-22-9-7-6-8-21(22)17(3)32(31-26)24(28-4)23-12-16(2)30-23/h6-13H,3,5,15H2,1-2,4H3,(H,29,33). The van der Waals surface area contributed by atoms with Crippen LogP contribution in [0.2, 0.25) is 0 Å². The van der Waals surface area contributed by atoms with E-state index < -0.39 is 0 Å². The van der Waals surface area contributed by atoms with Gasteiger partial charge in [0.05, 0.1) is 17.3 Å². The Kier molecular flexibility index (Phi) is 6.37. The van der Waals surface area contributed by atoms with Crippen molar-refractivity contribution in [1.29, 1.82) is 5.26 Å². The summed E-state index contributed by atoms with van der Waals surface area (Å²) < 4.78 is 6.12. The van der Waals surface area contributed by atoms with E-state index >= 15 is 0 Å². The number of carbonyl (C=O) groups excluding carboxylic acids is 1. The zero-order valence-electron chi connectivity index (χ0n) is 19.3. The van der Waals surface area contributed by atoms with E-state index in [1.165, 1.54) is 0 Å². The summed E-state index contributed by atoms with van der Waals surface area (Å²) >= 11 is 0. The van der Waals surface area contributed by atoms with Crippen LogP contribution < -0.4 is 5.32 Å². The van der Waals surface area contributed by atoms with Crippen molar-refractivity contribution in [2.24, 2.45) is 15.1 Å². The molecule has 0 spiro atoms. The fourth-order valence-electron chi connectivity index (χ4n) is 3.70. The third-order valence-electron chi connectivity index (χ3n) is 5.39. The SMILES string of the molecule is C=C1c2ccccc2C(OCc2ccc(C(=O)NCC)cc2C#N)=NN1C(=NC)C1=NC(C)=C1. The average Bonchev–Trinajstić information content (AvgIpc) is 2.84. The molecule has 8 heteroatoms. The number of amides is 1. The minimum absolute atomic E-state index is 0.102. The molecule has 0 fully saturated rings. The van der Waals surface area contributed by atoms with Crippen molar-refractivity contribution in [2.75, 3.05) is 13.6 Å². The number of rotatable bonds is 5. The van der Waals surface area contributed by atoms with Gasteiger partial charge < -0.3 is 10.1 Å². The highest BCUT2D eigenvalue weighted by Gasteiger charge is 2.29. The van der Waals surface area contributed by atoms with Crippen LogP contribution in [0.5, 0.6) is 0 Å². The maximum Gasteiger partial charge on any atom is 0.251 e. The molecule has 2 aromatic carbocycles. The second-order valence-electron chi connectivity index (χ2n) is 7.67. The van der Waals surface area contributed by atoms with Crippen molar-refractivity contribution in [2.45, 2.75) is 20.5 Å². The minimum Gasteiger partial charge on any atom is -0.471 e. The Morgan fingerprint density at radius 2 is 2.00 bits per heavy atom. The van der Waals surface area contributed by atoms with Gasteiger partial charge in [-0.05, 0) is 38.1 Å². The van der Waals surface area contributed by atoms with Crippen molar-refractivity contribution in [3.63, 3.8) is 0 Å². The highest BCUT2D eigenvalue weighted by Crippen LogP contribution is 2.30. The fourth-order valence-corrected chi connectivity index (χ4v) is 3.70. The number of aliphatic imine (C=N–C) groups is 2. The monoisotopic (exact) mass is 452 g/mol. The van der Waals surface area contributed by atoms with E-state index in [1.54, 1.807) is 30.3 Å². The number of fused-ring (bicyclic) bond motifs is 1. The Balaban J connectivity index is 1.64. The molecule has 2 aromatic rings. The molecule has 4 rings (SSSR count). The van der Waals surface area contributed by atoms with Crippen LogP contribution in [0, 0.1) is 11.3 Å². The number of nitriles is 1. The molecular weight excluding hydrogens is 428 g/mol. The van der Waals surface area contributed by atoms with Gasteiger partial charge in [0.1, 0.15) is 12.3 Å². The summed E-state index contributed by atoms with van der Waals surface area (Å²) in [6, 6.07) is 14.8. The van der Waals surface area contributed by atoms with Gasteiger partial charge in [-0.15, -0.1) is 5.10 Å². The van der Waals surface area contributed by atoms with E-state index in [0.29, 0.717) is 40.7 Å². The number of carbonyl (C=O) groups is 1. The first-order chi connectivity index (χ1) is 16.5. The second-order valence-corrected chi connectivity index (χ2v) is 7.67. The van der Waals surface area contributed by atoms with E-state index in [4.69, 9.17) is 4.74 Å². The zero-order valence-corrected chi connectivity index (χ0v) is 19.3. The Bertz CT molecular complexity index is 1340. The molecule has 2 aliphatic rings. The summed E-state index contributed by atoms with van der Waals surface area (Å²) in [5.41, 5.74) is 5.40. The Hall–Kier alpha value is -4.51. The van der Waals surface area contributed by atoms with E-state index in [2.05, 4.69) is 33.1 Å². The van der Waals surface area contributed by atoms with E-state index in [-0.39, 0.29) is 12.5 Å². The van der Waals surface area contributed by atoms with Crippen molar-refractivity contribution >= 4 is 29.0 Å². The number of hydrogen-bond donors (Lipinski definition) is 1. The number of hydrazone groups is 1. The van der Waals surface area contributed by atoms with Crippen LogP contribution in [-0.4, -0.2) is 42.0 Å². The zero-order chi connectivity index (χ0) is 24.2. The first kappa shape index (κ1) is 22.7. The Morgan fingerprint density at radius 3 is 2.65 bits per heavy atom. The van der Waals surface area contributed by atoms with E-state index in [1.807, 2.05) is 44.2 Å². The van der Waals surface area contributed by atoms with Gasteiger partial charge in [0, 0.05) is 41.5 Å². The molecule has 0 atom stereocenters. The van der Waals surface area contributed by atoms with Crippen LogP contribution in [0.1, 0.15) is 46.5 Å². The molecule has 0 saturated carbocycles. The molecule has 0 aliphatic carbocycles. The molecule has 170 valence electrons. The average molecular weight is 453 g/mol. The van der Waals surface area contributed by atoms with Gasteiger partial charge >= 0.3 is 0 Å². The summed E-state index contributed by atoms with van der Waals surface area (Å²) in [7, 11) is 1.68. The van der Waals surface area contributed by atoms with Crippen molar-refractivity contribution < 1.29 is 9.53 Å². The molecule has 2 aliphatic heterocycles. The molecule has 0 unspecified atom stereocenters. The number of hydrogen-bond acceptors (Lipinski definition) is 6. The molecule has 2 heterocycles. The van der Waals surface area contributed by atoms with Gasteiger partial charge in [-0.1, -0.05) is 30.8 Å². The molecule has 0 radical (unpaired) electrons. The van der Waals surface area contributed by atoms with Crippen molar-refractivity contribution in [3.05, 3.63) is 88.6 Å². The predicted octanol–water partition coefficient (Wildman–Crippen LogP) is 3.86. The predicted molar refractivity (Wildman–Crippen MR) is 132 cm³/mol. The Morgan fingerprint density at radius 1 is 1.26 bits per heavy atom. The molecule has 8 nitrogen and oxygen atoms in total. The van der Waals surface area contributed by atoms with Gasteiger partial charge in [0.15, 0.2) is 5.84 Å². The topological polar surface area (TPSA) is 102 Å². The summed E-state index contributed by atoms with van der Waals surface area (Å²) in [5.74, 6) is 0.720. The highest BCUT2D eigenvalue weighted by molar-refractivity contribution is 6.48. The van der Waals surface area contributed by atoms with E-state index in [9.17, 15) is 10.1 Å². The molecule has 1 N–H and O–H groups in total. The van der Waals surface area contributed by atoms with Crippen LogP contribution in [0.3, 0.4) is 0 Å². The number of nitrogens with zero attached hydrogens (tertiary/aromatic N) is 5. The number of benzene rings is 2. The summed E-state index contributed by atoms with van der Waals surface area (Å²) in [6.07, 6.45) is 1.93. The van der Waals surface area contributed by atoms with E-state index in [0.717, 1.165) is 22.5 Å². The summed E-state index contributed by atoms with van der Waals surface area (Å²) in [5, 5.41) is 18.7. The molecule has 1 amide bonds. The second kappa shape index (κ2) is 9.55. The Labute approximate surface area is 198 Å². The van der Waals surface area contributed by atoms with Crippen LogP contribution >= 0.6 is 0 Å². The maximum absolute atomic E-state index is 12.1. The summed E-state index contributed by atoms with van der Waals surface area (Å²) in [4.78, 5) is 20.9. The number of amidine groups is 1.